The fourth-order valence-electron chi connectivity index (χ4n) is 1.25. The van der Waals surface area contributed by atoms with Gasteiger partial charge in [-0.1, -0.05) is 11.6 Å². The predicted octanol–water partition coefficient (Wildman–Crippen LogP) is 0.759. The molecule has 2 rings (SSSR count). The van der Waals surface area contributed by atoms with Crippen molar-refractivity contribution in [3.63, 3.8) is 0 Å². The van der Waals surface area contributed by atoms with E-state index in [1.54, 1.807) is 6.20 Å². The SMILES string of the molecule is O=C(NCCc1ccn[nH]1)c1[nH]ncc1Cl. The van der Waals surface area contributed by atoms with Gasteiger partial charge in [0, 0.05) is 24.9 Å². The zero-order valence-corrected chi connectivity index (χ0v) is 9.08. The van der Waals surface area contributed by atoms with Crippen molar-refractivity contribution in [3.8, 4) is 0 Å². The van der Waals surface area contributed by atoms with E-state index < -0.39 is 0 Å². The molecule has 1 amide bonds. The summed E-state index contributed by atoms with van der Waals surface area (Å²) in [6.07, 6.45) is 3.76. The van der Waals surface area contributed by atoms with Gasteiger partial charge in [0.05, 0.1) is 11.2 Å². The smallest absolute Gasteiger partial charge is 0.270 e. The first kappa shape index (κ1) is 10.7. The first-order valence-corrected chi connectivity index (χ1v) is 5.10. The molecule has 3 N–H and O–H groups in total. The highest BCUT2D eigenvalue weighted by atomic mass is 35.5. The molecule has 0 saturated carbocycles. The van der Waals surface area contributed by atoms with Gasteiger partial charge in [0.25, 0.3) is 5.91 Å². The van der Waals surface area contributed by atoms with E-state index in [4.69, 9.17) is 11.6 Å². The Labute approximate surface area is 96.4 Å². The van der Waals surface area contributed by atoms with Crippen molar-refractivity contribution < 1.29 is 4.79 Å². The molecule has 0 unspecified atom stereocenters. The van der Waals surface area contributed by atoms with E-state index in [2.05, 4.69) is 25.7 Å². The fourth-order valence-corrected chi connectivity index (χ4v) is 1.43. The molecule has 7 heteroatoms. The second-order valence-corrected chi connectivity index (χ2v) is 3.59. The molecule has 0 saturated heterocycles. The van der Waals surface area contributed by atoms with Gasteiger partial charge in [0.2, 0.25) is 0 Å². The van der Waals surface area contributed by atoms with E-state index >= 15 is 0 Å². The van der Waals surface area contributed by atoms with Crippen LogP contribution in [0.15, 0.2) is 18.5 Å². The van der Waals surface area contributed by atoms with Crippen LogP contribution in [0.1, 0.15) is 16.2 Å². The van der Waals surface area contributed by atoms with E-state index in [0.29, 0.717) is 18.0 Å². The maximum Gasteiger partial charge on any atom is 0.270 e. The minimum Gasteiger partial charge on any atom is -0.350 e. The summed E-state index contributed by atoms with van der Waals surface area (Å²) >= 11 is 5.74. The van der Waals surface area contributed by atoms with E-state index in [9.17, 15) is 4.79 Å². The maximum absolute atomic E-state index is 11.6. The van der Waals surface area contributed by atoms with E-state index in [0.717, 1.165) is 5.69 Å². The average Bonchev–Trinajstić information content (AvgIpc) is 2.88. The summed E-state index contributed by atoms with van der Waals surface area (Å²) in [4.78, 5) is 11.6. The Balaban J connectivity index is 1.83. The number of hydrogen-bond acceptors (Lipinski definition) is 3. The van der Waals surface area contributed by atoms with Crippen LogP contribution in [0, 0.1) is 0 Å². The Bertz CT molecular complexity index is 464. The second kappa shape index (κ2) is 4.80. The Hall–Kier alpha value is -1.82. The average molecular weight is 240 g/mol. The molecule has 6 nitrogen and oxygen atoms in total. The number of H-pyrrole nitrogens is 2. The maximum atomic E-state index is 11.6. The van der Waals surface area contributed by atoms with Crippen LogP contribution in [0.2, 0.25) is 5.02 Å². The Morgan fingerprint density at radius 2 is 2.31 bits per heavy atom. The second-order valence-electron chi connectivity index (χ2n) is 3.18. The largest absolute Gasteiger partial charge is 0.350 e. The molecule has 2 aromatic rings. The van der Waals surface area contributed by atoms with Crippen molar-refractivity contribution >= 4 is 17.5 Å². The van der Waals surface area contributed by atoms with Gasteiger partial charge in [0.15, 0.2) is 0 Å². The van der Waals surface area contributed by atoms with Gasteiger partial charge < -0.3 is 5.32 Å². The van der Waals surface area contributed by atoms with Crippen molar-refractivity contribution in [1.29, 1.82) is 0 Å². The number of rotatable bonds is 4. The van der Waals surface area contributed by atoms with Gasteiger partial charge in [0.1, 0.15) is 5.69 Å². The van der Waals surface area contributed by atoms with Crippen LogP contribution in [0.25, 0.3) is 0 Å². The number of carbonyl (C=O) groups is 1. The lowest BCUT2D eigenvalue weighted by atomic mass is 10.3. The van der Waals surface area contributed by atoms with Crippen LogP contribution < -0.4 is 5.32 Å². The number of aromatic nitrogens is 4. The molecule has 0 aliphatic rings. The number of carbonyl (C=O) groups excluding carboxylic acids is 1. The lowest BCUT2D eigenvalue weighted by Gasteiger charge is -2.02. The Morgan fingerprint density at radius 3 is 2.94 bits per heavy atom. The van der Waals surface area contributed by atoms with Crippen LogP contribution >= 0.6 is 11.6 Å². The van der Waals surface area contributed by atoms with Crippen molar-refractivity contribution in [2.45, 2.75) is 6.42 Å². The number of amides is 1. The molecule has 2 heterocycles. The van der Waals surface area contributed by atoms with Gasteiger partial charge in [-0.25, -0.2) is 0 Å². The molecule has 0 bridgehead atoms. The highest BCUT2D eigenvalue weighted by Gasteiger charge is 2.11. The van der Waals surface area contributed by atoms with Crippen molar-refractivity contribution in [2.75, 3.05) is 6.54 Å². The molecular weight excluding hydrogens is 230 g/mol. The van der Waals surface area contributed by atoms with Crippen molar-refractivity contribution in [2.24, 2.45) is 0 Å². The number of hydrogen-bond donors (Lipinski definition) is 3. The van der Waals surface area contributed by atoms with Crippen LogP contribution in [0.5, 0.6) is 0 Å². The molecule has 0 aromatic carbocycles. The van der Waals surface area contributed by atoms with E-state index in [-0.39, 0.29) is 11.6 Å². The summed E-state index contributed by atoms with van der Waals surface area (Å²) in [6, 6.07) is 1.86. The standard InChI is InChI=1S/C9H10ClN5O/c10-7-5-13-15-8(7)9(16)11-3-1-6-2-4-12-14-6/h2,4-5H,1,3H2,(H,11,16)(H,12,14)(H,13,15). The van der Waals surface area contributed by atoms with Crippen LogP contribution in [-0.2, 0) is 6.42 Å². The predicted molar refractivity (Wildman–Crippen MR) is 58.2 cm³/mol. The summed E-state index contributed by atoms with van der Waals surface area (Å²) in [5, 5.41) is 15.9. The minimum atomic E-state index is -0.262. The van der Waals surface area contributed by atoms with Gasteiger partial charge in [-0.3, -0.25) is 15.0 Å². The quantitative estimate of drug-likeness (QED) is 0.736. The van der Waals surface area contributed by atoms with Crippen LogP contribution in [0.3, 0.4) is 0 Å². The molecular formula is C9H10ClN5O. The summed E-state index contributed by atoms with van der Waals surface area (Å²) in [5.41, 5.74) is 1.25. The van der Waals surface area contributed by atoms with Crippen molar-refractivity contribution in [3.05, 3.63) is 34.9 Å². The zero-order chi connectivity index (χ0) is 11.4. The summed E-state index contributed by atoms with van der Waals surface area (Å²) in [7, 11) is 0. The van der Waals surface area contributed by atoms with Gasteiger partial charge in [-0.05, 0) is 6.07 Å². The monoisotopic (exact) mass is 239 g/mol. The minimum absolute atomic E-state index is 0.262. The first-order chi connectivity index (χ1) is 7.77. The molecule has 2 aromatic heterocycles. The molecule has 0 radical (unpaired) electrons. The topological polar surface area (TPSA) is 86.5 Å². The molecule has 16 heavy (non-hydrogen) atoms. The summed E-state index contributed by atoms with van der Waals surface area (Å²) < 4.78 is 0. The molecule has 0 atom stereocenters. The summed E-state index contributed by atoms with van der Waals surface area (Å²) in [5.74, 6) is -0.262. The van der Waals surface area contributed by atoms with Gasteiger partial charge in [-0.15, -0.1) is 0 Å². The van der Waals surface area contributed by atoms with Gasteiger partial charge in [-0.2, -0.15) is 10.2 Å². The van der Waals surface area contributed by atoms with Gasteiger partial charge >= 0.3 is 0 Å². The molecule has 0 fully saturated rings. The number of nitrogens with zero attached hydrogens (tertiary/aromatic N) is 2. The third kappa shape index (κ3) is 2.40. The molecule has 84 valence electrons. The van der Waals surface area contributed by atoms with Crippen molar-refractivity contribution in [1.82, 2.24) is 25.7 Å². The van der Waals surface area contributed by atoms with Crippen LogP contribution in [0.4, 0.5) is 0 Å². The number of aromatic amines is 2. The number of nitrogens with one attached hydrogen (secondary N) is 3. The molecule has 0 aliphatic carbocycles. The van der Waals surface area contributed by atoms with Crippen LogP contribution in [-0.4, -0.2) is 32.8 Å². The van der Waals surface area contributed by atoms with E-state index in [1.807, 2.05) is 6.07 Å². The Morgan fingerprint density at radius 1 is 1.44 bits per heavy atom. The highest BCUT2D eigenvalue weighted by Crippen LogP contribution is 2.10. The highest BCUT2D eigenvalue weighted by molar-refractivity contribution is 6.33. The zero-order valence-electron chi connectivity index (χ0n) is 8.33. The number of halogens is 1. The van der Waals surface area contributed by atoms with E-state index in [1.165, 1.54) is 6.20 Å². The Kier molecular flexibility index (Phi) is 3.21. The lowest BCUT2D eigenvalue weighted by molar-refractivity contribution is 0.0949. The third-order valence-corrected chi connectivity index (χ3v) is 2.35. The fraction of sp³-hybridized carbons (Fsp3) is 0.222. The third-order valence-electron chi connectivity index (χ3n) is 2.06. The lowest BCUT2D eigenvalue weighted by Crippen LogP contribution is -2.26. The summed E-state index contributed by atoms with van der Waals surface area (Å²) in [6.45, 7) is 0.510. The first-order valence-electron chi connectivity index (χ1n) is 4.72. The normalized spacial score (nSPS) is 10.3. The molecule has 0 aliphatic heterocycles. The molecule has 0 spiro atoms.